The van der Waals surface area contributed by atoms with E-state index >= 15 is 0 Å². The Morgan fingerprint density at radius 1 is 0.750 bits per heavy atom. The average molecular weight is 583 g/mol. The fourth-order valence-corrected chi connectivity index (χ4v) is 7.75. The first kappa shape index (κ1) is 29.2. The van der Waals surface area contributed by atoms with Gasteiger partial charge in [0.2, 0.25) is 0 Å². The molecule has 0 radical (unpaired) electrons. The number of aromatic nitrogens is 1. The first-order chi connectivity index (χ1) is 20.5. The van der Waals surface area contributed by atoms with Crippen LogP contribution >= 0.6 is 0 Å². The van der Waals surface area contributed by atoms with Crippen molar-refractivity contribution in [3.05, 3.63) is 88.6 Å². The molecular weight excluding hydrogens is 535 g/mol. The van der Waals surface area contributed by atoms with Gasteiger partial charge in [0.1, 0.15) is 17.3 Å². The molecule has 0 amide bonds. The maximum absolute atomic E-state index is 7.13. The monoisotopic (exact) mass is 582 g/mol. The molecule has 4 heteroatoms. The minimum absolute atomic E-state index is 0.0265. The van der Waals surface area contributed by atoms with Crippen molar-refractivity contribution in [2.45, 2.75) is 111 Å². The van der Waals surface area contributed by atoms with Gasteiger partial charge in [0.25, 0.3) is 6.71 Å². The molecule has 0 N–H and O–H groups in total. The predicted molar refractivity (Wildman–Crippen MR) is 188 cm³/mol. The maximum Gasteiger partial charge on any atom is 0.258 e. The highest BCUT2D eigenvalue weighted by molar-refractivity contribution is 6.99. The van der Waals surface area contributed by atoms with Crippen molar-refractivity contribution in [2.75, 3.05) is 4.90 Å². The summed E-state index contributed by atoms with van der Waals surface area (Å²) in [5, 5.41) is 0. The summed E-state index contributed by atoms with van der Waals surface area (Å²) in [6.45, 7) is 25.5. The lowest BCUT2D eigenvalue weighted by Crippen LogP contribution is -2.60. The highest BCUT2D eigenvalue weighted by atomic mass is 16.5. The molecule has 0 spiro atoms. The summed E-state index contributed by atoms with van der Waals surface area (Å²) in [5.74, 6) is 3.00. The van der Waals surface area contributed by atoms with Gasteiger partial charge >= 0.3 is 0 Å². The van der Waals surface area contributed by atoms with Gasteiger partial charge < -0.3 is 4.74 Å². The minimum Gasteiger partial charge on any atom is -0.458 e. The number of ether oxygens (including phenoxy) is 1. The molecule has 3 aliphatic rings. The van der Waals surface area contributed by atoms with Gasteiger partial charge in [0.05, 0.1) is 0 Å². The molecule has 3 aromatic carbocycles. The first-order valence-electron chi connectivity index (χ1n) is 16.4. The van der Waals surface area contributed by atoms with Crippen LogP contribution < -0.4 is 26.0 Å². The quantitative estimate of drug-likeness (QED) is 0.181. The van der Waals surface area contributed by atoms with E-state index in [9.17, 15) is 0 Å². The van der Waals surface area contributed by atoms with Gasteiger partial charge in [-0.25, -0.2) is 4.98 Å². The third kappa shape index (κ3) is 4.35. The van der Waals surface area contributed by atoms with E-state index in [0.29, 0.717) is 0 Å². The minimum atomic E-state index is 0.0265. The largest absolute Gasteiger partial charge is 0.458 e. The molecule has 4 aromatic rings. The van der Waals surface area contributed by atoms with Crippen LogP contribution in [-0.2, 0) is 21.7 Å². The predicted octanol–water partition coefficient (Wildman–Crippen LogP) is 8.74. The number of aryl methyl sites for hydroxylation is 1. The summed E-state index contributed by atoms with van der Waals surface area (Å²) in [6.07, 6.45) is 2.33. The topological polar surface area (TPSA) is 25.4 Å². The summed E-state index contributed by atoms with van der Waals surface area (Å²) < 4.78 is 7.13. The fourth-order valence-electron chi connectivity index (χ4n) is 7.75. The Morgan fingerprint density at radius 3 is 2.05 bits per heavy atom. The zero-order chi connectivity index (χ0) is 31.6. The number of rotatable bonds is 1. The molecule has 1 aromatic heterocycles. The van der Waals surface area contributed by atoms with Crippen molar-refractivity contribution < 1.29 is 4.74 Å². The second-order valence-electron chi connectivity index (χ2n) is 16.9. The molecule has 0 atom stereocenters. The SMILES string of the molecule is Cc1cc2c3c(n1)N(c1ccc(C(C)(C)C)cc1)c1ccc(C(C)(C)C)cc1B3c1ccc3c(c1O2)C(C)(C)CCC3(C)C. The number of pyridine rings is 1. The van der Waals surface area contributed by atoms with Crippen molar-refractivity contribution in [3.8, 4) is 11.5 Å². The molecule has 0 fully saturated rings. The molecule has 0 saturated heterocycles. The van der Waals surface area contributed by atoms with Crippen molar-refractivity contribution in [3.63, 3.8) is 0 Å². The van der Waals surface area contributed by atoms with E-state index in [1.54, 1.807) is 0 Å². The van der Waals surface area contributed by atoms with E-state index in [1.807, 2.05) is 0 Å². The molecule has 0 unspecified atom stereocenters. The molecule has 7 rings (SSSR count). The Hall–Kier alpha value is -3.53. The van der Waals surface area contributed by atoms with Gasteiger partial charge in [-0.05, 0) is 87.2 Å². The molecule has 226 valence electrons. The van der Waals surface area contributed by atoms with Crippen LogP contribution in [-0.4, -0.2) is 11.7 Å². The van der Waals surface area contributed by atoms with Crippen molar-refractivity contribution in [1.29, 1.82) is 0 Å². The zero-order valence-corrected chi connectivity index (χ0v) is 28.6. The van der Waals surface area contributed by atoms with Crippen LogP contribution in [0, 0.1) is 6.92 Å². The van der Waals surface area contributed by atoms with E-state index in [4.69, 9.17) is 9.72 Å². The lowest BCUT2D eigenvalue weighted by Gasteiger charge is -2.45. The summed E-state index contributed by atoms with van der Waals surface area (Å²) in [5.41, 5.74) is 12.8. The van der Waals surface area contributed by atoms with Crippen molar-refractivity contribution in [2.24, 2.45) is 0 Å². The first-order valence-corrected chi connectivity index (χ1v) is 16.4. The summed E-state index contributed by atoms with van der Waals surface area (Å²) in [7, 11) is 0. The Kier molecular flexibility index (Phi) is 6.14. The number of hydrogen-bond acceptors (Lipinski definition) is 3. The van der Waals surface area contributed by atoms with Crippen LogP contribution in [0.3, 0.4) is 0 Å². The van der Waals surface area contributed by atoms with E-state index < -0.39 is 0 Å². The van der Waals surface area contributed by atoms with Gasteiger partial charge in [-0.1, -0.05) is 106 Å². The second kappa shape index (κ2) is 9.25. The fraction of sp³-hybridized carbons (Fsp3) is 0.425. The average Bonchev–Trinajstić information content (AvgIpc) is 2.93. The van der Waals surface area contributed by atoms with E-state index in [1.165, 1.54) is 50.8 Å². The number of fused-ring (bicyclic) bond motifs is 6. The van der Waals surface area contributed by atoms with Gasteiger partial charge in [-0.2, -0.15) is 0 Å². The van der Waals surface area contributed by atoms with Crippen LogP contribution in [0.25, 0.3) is 0 Å². The highest BCUT2D eigenvalue weighted by Crippen LogP contribution is 2.51. The molecule has 0 saturated carbocycles. The van der Waals surface area contributed by atoms with Gasteiger partial charge in [0, 0.05) is 34.2 Å². The van der Waals surface area contributed by atoms with Crippen molar-refractivity contribution in [1.82, 2.24) is 4.98 Å². The molecule has 2 aliphatic heterocycles. The third-order valence-corrected chi connectivity index (χ3v) is 10.6. The second-order valence-corrected chi connectivity index (χ2v) is 16.9. The normalized spacial score (nSPS) is 17.7. The van der Waals surface area contributed by atoms with Crippen LogP contribution in [0.1, 0.15) is 110 Å². The smallest absolute Gasteiger partial charge is 0.258 e. The van der Waals surface area contributed by atoms with Gasteiger partial charge in [0.15, 0.2) is 0 Å². The van der Waals surface area contributed by atoms with Crippen LogP contribution in [0.4, 0.5) is 17.2 Å². The van der Waals surface area contributed by atoms with Gasteiger partial charge in [-0.3, -0.25) is 4.90 Å². The zero-order valence-electron chi connectivity index (χ0n) is 28.6. The summed E-state index contributed by atoms with van der Waals surface area (Å²) >= 11 is 0. The molecule has 1 aliphatic carbocycles. The number of nitrogens with zero attached hydrogens (tertiary/aromatic N) is 2. The van der Waals surface area contributed by atoms with Crippen molar-refractivity contribution >= 4 is 40.3 Å². The number of benzene rings is 3. The van der Waals surface area contributed by atoms with E-state index in [2.05, 4.69) is 142 Å². The third-order valence-electron chi connectivity index (χ3n) is 10.6. The maximum atomic E-state index is 7.13. The lowest BCUT2D eigenvalue weighted by atomic mass is 9.34. The molecule has 0 bridgehead atoms. The molecule has 3 nitrogen and oxygen atoms in total. The molecule has 44 heavy (non-hydrogen) atoms. The summed E-state index contributed by atoms with van der Waals surface area (Å²) in [6, 6.07) is 23.1. The summed E-state index contributed by atoms with van der Waals surface area (Å²) in [4.78, 5) is 7.64. The van der Waals surface area contributed by atoms with E-state index in [0.717, 1.165) is 35.1 Å². The molecule has 3 heterocycles. The van der Waals surface area contributed by atoms with E-state index in [-0.39, 0.29) is 28.4 Å². The number of anilines is 3. The van der Waals surface area contributed by atoms with Crippen LogP contribution in [0.2, 0.25) is 0 Å². The Bertz CT molecular complexity index is 1820. The van der Waals surface area contributed by atoms with Crippen LogP contribution in [0.5, 0.6) is 11.5 Å². The molecular formula is C40H47BN2O. The van der Waals surface area contributed by atoms with Crippen LogP contribution in [0.15, 0.2) is 60.7 Å². The Labute approximate surface area is 265 Å². The number of hydrogen-bond donors (Lipinski definition) is 0. The van der Waals surface area contributed by atoms with Gasteiger partial charge in [-0.15, -0.1) is 0 Å². The Balaban J connectivity index is 1.53. The highest BCUT2D eigenvalue weighted by Gasteiger charge is 2.47. The lowest BCUT2D eigenvalue weighted by molar-refractivity contribution is 0.320. The Morgan fingerprint density at radius 2 is 1.39 bits per heavy atom. The standard InChI is InChI=1S/C40H47BN2O/c1-24-22-32-34-36(42-24)43(27-15-12-25(13-16-27)37(2,3)4)31-19-14-26(38(5,6)7)23-30(31)41(34)29-18-17-28-33(35(29)44-32)40(10,11)21-20-39(28,8)9/h12-19,22-23H,20-21H2,1-11H3.